The molecule has 1 heterocycles. The smallest absolute Gasteiger partial charge is 0.320 e. The quantitative estimate of drug-likeness (QED) is 0.766. The third-order valence-electron chi connectivity index (χ3n) is 1.36. The highest BCUT2D eigenvalue weighted by Crippen LogP contribution is 2.07. The van der Waals surface area contributed by atoms with Crippen molar-refractivity contribution < 1.29 is 18.3 Å². The summed E-state index contributed by atoms with van der Waals surface area (Å²) in [5.41, 5.74) is 0. The zero-order valence-corrected chi connectivity index (χ0v) is 8.77. The normalized spacial score (nSPS) is 11.4. The molecule has 0 bridgehead atoms. The van der Waals surface area contributed by atoms with E-state index in [2.05, 4.69) is 4.72 Å². The van der Waals surface area contributed by atoms with E-state index in [-0.39, 0.29) is 6.54 Å². The molecule has 0 aliphatic heterocycles. The van der Waals surface area contributed by atoms with Gasteiger partial charge in [-0.05, 0) is 11.4 Å². The number of carboxylic acids is 1. The predicted octanol–water partition coefficient (Wildman–Crippen LogP) is 0.252. The number of aliphatic carboxylic acids is 1. The van der Waals surface area contributed by atoms with Gasteiger partial charge in [-0.15, -0.1) is 11.3 Å². The molecule has 0 saturated heterocycles. The van der Waals surface area contributed by atoms with Crippen molar-refractivity contribution in [1.29, 1.82) is 0 Å². The Balaban J connectivity index is 2.49. The molecule has 0 radical (unpaired) electrons. The average Bonchev–Trinajstić information content (AvgIpc) is 2.50. The summed E-state index contributed by atoms with van der Waals surface area (Å²) in [7, 11) is -3.70. The van der Waals surface area contributed by atoms with E-state index in [1.807, 2.05) is 5.38 Å². The van der Waals surface area contributed by atoms with Gasteiger partial charge < -0.3 is 5.11 Å². The number of carboxylic acid groups (broad SMARTS) is 1. The molecule has 5 nitrogen and oxygen atoms in total. The molecule has 0 aliphatic carbocycles. The average molecular weight is 235 g/mol. The number of nitrogens with one attached hydrogen (secondary N) is 1. The van der Waals surface area contributed by atoms with E-state index in [1.54, 1.807) is 12.1 Å². The van der Waals surface area contributed by atoms with Gasteiger partial charge >= 0.3 is 5.97 Å². The molecule has 0 aliphatic rings. The largest absolute Gasteiger partial charge is 0.480 e. The van der Waals surface area contributed by atoms with Crippen LogP contribution in [-0.4, -0.2) is 25.2 Å². The lowest BCUT2D eigenvalue weighted by atomic mass is 10.5. The molecule has 14 heavy (non-hydrogen) atoms. The van der Waals surface area contributed by atoms with Crippen molar-refractivity contribution in [3.63, 3.8) is 0 Å². The fourth-order valence-corrected chi connectivity index (χ4v) is 2.35. The van der Waals surface area contributed by atoms with Crippen LogP contribution in [0.25, 0.3) is 0 Å². The van der Waals surface area contributed by atoms with Gasteiger partial charge in [0.2, 0.25) is 10.0 Å². The molecule has 1 aromatic rings. The van der Waals surface area contributed by atoms with Gasteiger partial charge in [-0.3, -0.25) is 4.79 Å². The summed E-state index contributed by atoms with van der Waals surface area (Å²) in [6.07, 6.45) is 0. The molecule has 0 spiro atoms. The van der Waals surface area contributed by atoms with Gasteiger partial charge in [0.25, 0.3) is 0 Å². The lowest BCUT2D eigenvalue weighted by Crippen LogP contribution is -2.29. The summed E-state index contributed by atoms with van der Waals surface area (Å²) >= 11 is 1.41. The van der Waals surface area contributed by atoms with Crippen LogP contribution >= 0.6 is 11.3 Å². The molecule has 0 atom stereocenters. The van der Waals surface area contributed by atoms with Crippen molar-refractivity contribution in [1.82, 2.24) is 4.72 Å². The molecule has 0 aromatic carbocycles. The third-order valence-corrected chi connectivity index (χ3v) is 3.45. The van der Waals surface area contributed by atoms with Crippen molar-refractivity contribution >= 4 is 27.3 Å². The summed E-state index contributed by atoms with van der Waals surface area (Å²) < 4.78 is 24.3. The van der Waals surface area contributed by atoms with Crippen LogP contribution in [0, 0.1) is 0 Å². The number of sulfonamides is 1. The zero-order valence-electron chi connectivity index (χ0n) is 7.13. The Morgan fingerprint density at radius 1 is 1.57 bits per heavy atom. The van der Waals surface area contributed by atoms with Crippen LogP contribution in [0.4, 0.5) is 0 Å². The predicted molar refractivity (Wildman–Crippen MR) is 52.6 cm³/mol. The first kappa shape index (κ1) is 11.2. The van der Waals surface area contributed by atoms with Crippen LogP contribution in [0.2, 0.25) is 0 Å². The first-order valence-electron chi connectivity index (χ1n) is 3.71. The molecule has 0 unspecified atom stereocenters. The summed E-state index contributed by atoms with van der Waals surface area (Å²) in [4.78, 5) is 11.0. The fourth-order valence-electron chi connectivity index (χ4n) is 0.808. The van der Waals surface area contributed by atoms with Gasteiger partial charge in [0.05, 0.1) is 0 Å². The summed E-state index contributed by atoms with van der Waals surface area (Å²) in [5.74, 6) is -2.25. The van der Waals surface area contributed by atoms with Crippen LogP contribution in [0.3, 0.4) is 0 Å². The van der Waals surface area contributed by atoms with E-state index in [1.165, 1.54) is 11.3 Å². The number of hydrogen-bond acceptors (Lipinski definition) is 4. The van der Waals surface area contributed by atoms with Gasteiger partial charge in [-0.1, -0.05) is 6.07 Å². The molecule has 1 aromatic heterocycles. The second-order valence-corrected chi connectivity index (χ2v) is 5.39. The molecule has 78 valence electrons. The maximum atomic E-state index is 11.0. The summed E-state index contributed by atoms with van der Waals surface area (Å²) in [6, 6.07) is 3.57. The minimum atomic E-state index is -3.70. The maximum absolute atomic E-state index is 11.0. The lowest BCUT2D eigenvalue weighted by Gasteiger charge is -2.01. The minimum Gasteiger partial charge on any atom is -0.480 e. The minimum absolute atomic E-state index is 0.146. The van der Waals surface area contributed by atoms with Crippen molar-refractivity contribution in [3.8, 4) is 0 Å². The van der Waals surface area contributed by atoms with Crippen LogP contribution in [0.1, 0.15) is 4.88 Å². The van der Waals surface area contributed by atoms with E-state index in [0.29, 0.717) is 0 Å². The Morgan fingerprint density at radius 3 is 2.79 bits per heavy atom. The van der Waals surface area contributed by atoms with Crippen molar-refractivity contribution in [3.05, 3.63) is 22.4 Å². The summed E-state index contributed by atoms with van der Waals surface area (Å²) in [5, 5.41) is 10.1. The van der Waals surface area contributed by atoms with E-state index in [9.17, 15) is 13.2 Å². The number of hydrogen-bond donors (Lipinski definition) is 2. The van der Waals surface area contributed by atoms with E-state index < -0.39 is 21.7 Å². The highest BCUT2D eigenvalue weighted by atomic mass is 32.2. The molecule has 1 rings (SSSR count). The van der Waals surface area contributed by atoms with Crippen molar-refractivity contribution in [2.24, 2.45) is 0 Å². The Morgan fingerprint density at radius 2 is 2.29 bits per heavy atom. The summed E-state index contributed by atoms with van der Waals surface area (Å²) in [6.45, 7) is 0.146. The van der Waals surface area contributed by atoms with Crippen LogP contribution < -0.4 is 4.72 Å². The Labute approximate surface area is 85.4 Å². The highest BCUT2D eigenvalue weighted by molar-refractivity contribution is 7.90. The highest BCUT2D eigenvalue weighted by Gasteiger charge is 2.14. The zero-order chi connectivity index (χ0) is 10.6. The molecule has 2 N–H and O–H groups in total. The van der Waals surface area contributed by atoms with E-state index in [0.717, 1.165) is 4.88 Å². The number of thiophene rings is 1. The topological polar surface area (TPSA) is 83.5 Å². The molecule has 7 heteroatoms. The molecule has 0 saturated carbocycles. The first-order chi connectivity index (χ1) is 6.49. The Bertz CT molecular complexity index is 395. The molecular formula is C7H9NO4S2. The second kappa shape index (κ2) is 4.54. The standard InChI is InChI=1S/C7H9NO4S2/c9-7(10)5-14(11,12)8-4-6-2-1-3-13-6/h1-3,8H,4-5H2,(H,9,10). The second-order valence-electron chi connectivity index (χ2n) is 2.55. The fraction of sp³-hybridized carbons (Fsp3) is 0.286. The Hall–Kier alpha value is -0.920. The third kappa shape index (κ3) is 3.86. The maximum Gasteiger partial charge on any atom is 0.320 e. The van der Waals surface area contributed by atoms with Gasteiger partial charge in [-0.2, -0.15) is 0 Å². The van der Waals surface area contributed by atoms with E-state index in [4.69, 9.17) is 5.11 Å². The SMILES string of the molecule is O=C(O)CS(=O)(=O)NCc1cccs1. The first-order valence-corrected chi connectivity index (χ1v) is 6.24. The van der Waals surface area contributed by atoms with Gasteiger partial charge in [-0.25, -0.2) is 13.1 Å². The van der Waals surface area contributed by atoms with E-state index >= 15 is 0 Å². The van der Waals surface area contributed by atoms with Gasteiger partial charge in [0.15, 0.2) is 5.75 Å². The number of carbonyl (C=O) groups is 1. The van der Waals surface area contributed by atoms with Gasteiger partial charge in [0.1, 0.15) is 0 Å². The Kier molecular flexibility index (Phi) is 3.62. The van der Waals surface area contributed by atoms with Gasteiger partial charge in [0, 0.05) is 11.4 Å². The lowest BCUT2D eigenvalue weighted by molar-refractivity contribution is -0.134. The van der Waals surface area contributed by atoms with Crippen molar-refractivity contribution in [2.45, 2.75) is 6.54 Å². The monoisotopic (exact) mass is 235 g/mol. The van der Waals surface area contributed by atoms with Crippen LogP contribution in [-0.2, 0) is 21.4 Å². The van der Waals surface area contributed by atoms with Crippen LogP contribution in [0.5, 0.6) is 0 Å². The molecular weight excluding hydrogens is 226 g/mol. The molecule has 0 amide bonds. The number of rotatable bonds is 5. The van der Waals surface area contributed by atoms with Crippen molar-refractivity contribution in [2.75, 3.05) is 5.75 Å². The molecule has 0 fully saturated rings. The van der Waals surface area contributed by atoms with Crippen LogP contribution in [0.15, 0.2) is 17.5 Å².